The summed E-state index contributed by atoms with van der Waals surface area (Å²) in [5.41, 5.74) is 0. The predicted molar refractivity (Wildman–Crippen MR) is 44.6 cm³/mol. The van der Waals surface area contributed by atoms with Crippen molar-refractivity contribution in [2.24, 2.45) is 0 Å². The molecule has 86 valence electrons. The first kappa shape index (κ1) is 15.4. The molecule has 0 fully saturated rings. The van der Waals surface area contributed by atoms with Crippen LogP contribution in [0.4, 0.5) is 0 Å². The molecular weight excluding hydrogens is 721 g/mol. The fourth-order valence-corrected chi connectivity index (χ4v) is 14.9. The summed E-state index contributed by atoms with van der Waals surface area (Å²) in [6, 6.07) is 4.25. The van der Waals surface area contributed by atoms with Gasteiger partial charge in [0.05, 0.1) is 0 Å². The molecule has 8 heteroatoms. The fourth-order valence-electron chi connectivity index (χ4n) is 0.738. The van der Waals surface area contributed by atoms with Gasteiger partial charge in [-0.15, -0.1) is 0 Å². The van der Waals surface area contributed by atoms with E-state index in [4.69, 9.17) is 35.6 Å². The summed E-state index contributed by atoms with van der Waals surface area (Å²) in [7, 11) is 23.9. The Balaban J connectivity index is 3.24. The molecule has 0 heterocycles. The number of halogens is 8. The molecule has 0 saturated heterocycles. The summed E-state index contributed by atoms with van der Waals surface area (Å²) in [6.45, 7) is 0. The Morgan fingerprint density at radius 3 is 1.50 bits per heavy atom. The van der Waals surface area contributed by atoms with Crippen molar-refractivity contribution in [2.45, 2.75) is 0 Å². The molecule has 1 aromatic rings. The van der Waals surface area contributed by atoms with E-state index in [1.54, 1.807) is 0 Å². The molecule has 0 atom stereocenters. The number of benzene rings is 1. The molecule has 1 aromatic carbocycles. The van der Waals surface area contributed by atoms with E-state index < -0.39 is 80.3 Å². The van der Waals surface area contributed by atoms with Crippen molar-refractivity contribution in [3.05, 3.63) is 26.4 Å². The third-order valence-electron chi connectivity index (χ3n) is 1.26. The van der Waals surface area contributed by atoms with Gasteiger partial charge < -0.3 is 0 Å². The van der Waals surface area contributed by atoms with Crippen LogP contribution in [0.5, 0.6) is 0 Å². The fraction of sp³-hybridized carbons (Fsp3) is 0. The van der Waals surface area contributed by atoms with Gasteiger partial charge in [-0.25, -0.2) is 0 Å². The maximum atomic E-state index is 5.99. The normalized spacial score (nSPS) is 11.7. The summed E-state index contributed by atoms with van der Waals surface area (Å²) in [6.07, 6.45) is 0. The van der Waals surface area contributed by atoms with Crippen molar-refractivity contribution in [3.8, 4) is 0 Å². The molecule has 0 spiro atoms. The van der Waals surface area contributed by atoms with E-state index in [-0.39, 0.29) is 0 Å². The first-order valence-corrected chi connectivity index (χ1v) is 18.2. The molecule has 0 saturated carbocycles. The summed E-state index contributed by atoms with van der Waals surface area (Å²) in [4.78, 5) is 0. The summed E-state index contributed by atoms with van der Waals surface area (Å²) < 4.78 is 4.95. The molecule has 0 N–H and O–H groups in total. The van der Waals surface area contributed by atoms with E-state index in [9.17, 15) is 0 Å². The van der Waals surface area contributed by atoms with Gasteiger partial charge in [0.2, 0.25) is 0 Å². The number of hydrogen-bond acceptors (Lipinski definition) is 0. The molecule has 0 aliphatic heterocycles. The predicted octanol–water partition coefficient (Wildman–Crippen LogP) is -8.66. The topological polar surface area (TPSA) is 0 Å². The molecule has 0 aromatic heterocycles. The van der Waals surface area contributed by atoms with E-state index in [1.807, 2.05) is 0 Å². The van der Waals surface area contributed by atoms with Gasteiger partial charge in [-0.2, -0.15) is 0 Å². The standard InChI is InChI=1S/C6H2Cl4I4/c7-11-3-1-4(12-8)6(14-10)5(2-3)13-9/h1-2H/q-4. The Hall–Kier alpha value is 3.30. The van der Waals surface area contributed by atoms with E-state index >= 15 is 0 Å². The van der Waals surface area contributed by atoms with Gasteiger partial charge in [-0.3, -0.25) is 0 Å². The Bertz CT molecular complexity index is 294. The molecule has 0 aliphatic carbocycles. The monoisotopic (exact) mass is 722 g/mol. The van der Waals surface area contributed by atoms with Crippen LogP contribution in [0.15, 0.2) is 12.1 Å². The van der Waals surface area contributed by atoms with Crippen molar-refractivity contribution < 1.29 is 80.3 Å². The van der Waals surface area contributed by atoms with Crippen LogP contribution < -0.4 is 80.3 Å². The zero-order valence-corrected chi connectivity index (χ0v) is 17.8. The quantitative estimate of drug-likeness (QED) is 0.165. The van der Waals surface area contributed by atoms with Crippen LogP contribution in [0.3, 0.4) is 0 Å². The van der Waals surface area contributed by atoms with Crippen LogP contribution in [0, 0.1) is 14.3 Å². The van der Waals surface area contributed by atoms with Crippen molar-refractivity contribution in [2.75, 3.05) is 0 Å². The van der Waals surface area contributed by atoms with Crippen molar-refractivity contribution in [3.63, 3.8) is 0 Å². The number of rotatable bonds is 4. The van der Waals surface area contributed by atoms with Crippen LogP contribution in [0.1, 0.15) is 0 Å². The second-order valence-electron chi connectivity index (χ2n) is 1.97. The Kier molecular flexibility index (Phi) is 9.23. The van der Waals surface area contributed by atoms with Gasteiger partial charge in [0.1, 0.15) is 0 Å². The van der Waals surface area contributed by atoms with Crippen molar-refractivity contribution in [1.82, 2.24) is 0 Å². The minimum absolute atomic E-state index is 0.395. The number of hydrogen-bond donors (Lipinski definition) is 0. The second-order valence-corrected chi connectivity index (χ2v) is 12.1. The molecule has 0 unspecified atom stereocenters. The zero-order chi connectivity index (χ0) is 10.6. The van der Waals surface area contributed by atoms with E-state index in [2.05, 4.69) is 12.1 Å². The van der Waals surface area contributed by atoms with Gasteiger partial charge in [-0.1, -0.05) is 0 Å². The van der Waals surface area contributed by atoms with Crippen LogP contribution in [-0.2, 0) is 0 Å². The van der Waals surface area contributed by atoms with Gasteiger partial charge >= 0.3 is 142 Å². The second kappa shape index (κ2) is 8.41. The van der Waals surface area contributed by atoms with E-state index in [1.165, 1.54) is 14.3 Å². The van der Waals surface area contributed by atoms with Crippen molar-refractivity contribution in [1.29, 1.82) is 0 Å². The molecule has 14 heavy (non-hydrogen) atoms. The SMILES string of the molecule is Cl[I-]c1cc([I-]Cl)c([I-]Cl)c([I-]Cl)c1. The van der Waals surface area contributed by atoms with Crippen LogP contribution in [-0.4, -0.2) is 0 Å². The summed E-state index contributed by atoms with van der Waals surface area (Å²) >= 11 is -1.70. The Labute approximate surface area is 139 Å². The van der Waals surface area contributed by atoms with Gasteiger partial charge in [0.25, 0.3) is 0 Å². The zero-order valence-electron chi connectivity index (χ0n) is 6.18. The third kappa shape index (κ3) is 4.20. The minimum atomic E-state index is -0.437. The van der Waals surface area contributed by atoms with Crippen LogP contribution in [0.25, 0.3) is 0 Å². The molecule has 0 radical (unpaired) electrons. The molecular formula is C6H2Cl4I4-4. The van der Waals surface area contributed by atoms with Crippen LogP contribution in [0.2, 0.25) is 0 Å². The summed E-state index contributed by atoms with van der Waals surface area (Å²) in [5.74, 6) is 0. The molecule has 0 bridgehead atoms. The Morgan fingerprint density at radius 2 is 1.21 bits per heavy atom. The molecule has 0 nitrogen and oxygen atoms in total. The third-order valence-corrected chi connectivity index (χ3v) is 12.7. The van der Waals surface area contributed by atoms with E-state index in [0.717, 1.165) is 0 Å². The first-order valence-electron chi connectivity index (χ1n) is 2.98. The first-order chi connectivity index (χ1) is 6.76. The Morgan fingerprint density at radius 1 is 0.714 bits per heavy atom. The average molecular weight is 724 g/mol. The maximum absolute atomic E-state index is 5.99. The van der Waals surface area contributed by atoms with Crippen molar-refractivity contribution >= 4 is 35.6 Å². The van der Waals surface area contributed by atoms with Gasteiger partial charge in [0, 0.05) is 0 Å². The molecule has 0 aliphatic rings. The van der Waals surface area contributed by atoms with Gasteiger partial charge in [0.15, 0.2) is 0 Å². The van der Waals surface area contributed by atoms with Crippen LogP contribution >= 0.6 is 35.6 Å². The van der Waals surface area contributed by atoms with E-state index in [0.29, 0.717) is 0 Å². The average Bonchev–Trinajstić information content (AvgIpc) is 2.26. The molecule has 0 amide bonds. The summed E-state index contributed by atoms with van der Waals surface area (Å²) in [5, 5.41) is 0. The molecule has 1 rings (SSSR count). The van der Waals surface area contributed by atoms with Gasteiger partial charge in [-0.05, 0) is 0 Å².